The van der Waals surface area contributed by atoms with E-state index in [0.717, 1.165) is 50.4 Å². The predicted molar refractivity (Wildman–Crippen MR) is 267 cm³/mol. The third-order valence-corrected chi connectivity index (χ3v) is 13.5. The van der Waals surface area contributed by atoms with Crippen LogP contribution >= 0.6 is 0 Å². The second-order valence-electron chi connectivity index (χ2n) is 18.6. The Morgan fingerprint density at radius 2 is 0.952 bits per heavy atom. The lowest BCUT2D eigenvalue weighted by atomic mass is 9.79. The van der Waals surface area contributed by atoms with Gasteiger partial charge < -0.3 is 20.2 Å². The van der Waals surface area contributed by atoms with Crippen molar-refractivity contribution in [1.29, 1.82) is 0 Å². The standard InChI is InChI=1S/C56H92N2O4/c1-5-9-11-13-15-17-19-21-23-25-27-29-31-33-35-37-43-57(7-3)47-39-41-49(51(59)45-47)53-55(61)54(56(53)62)50-42-40-48(46-52(50)60)58(8-4)44-38-36-34-32-30-28-26-24-22-20-18-16-14-12-10-6-2/h39-42,45-46H,5-38,43-44H2,1-4H3,(H2,59,60,61,62)/p+1. The Morgan fingerprint density at radius 1 is 0.516 bits per heavy atom. The monoisotopic (exact) mass is 858 g/mol. The fourth-order valence-electron chi connectivity index (χ4n) is 9.40. The normalized spacial score (nSPS) is 16.0. The van der Waals surface area contributed by atoms with E-state index in [4.69, 9.17) is 0 Å². The average molecular weight is 858 g/mol. The number of rotatable bonds is 38. The van der Waals surface area contributed by atoms with Crippen molar-refractivity contribution in [2.45, 2.75) is 233 Å². The number of Topliss-reactive ketones (excluding diaryl/α,β-unsaturated/α-hetero) is 1. The van der Waals surface area contributed by atoms with Gasteiger partial charge in [-0.05, 0) is 44.9 Å². The largest absolute Gasteiger partial charge is 0.507 e. The molecule has 62 heavy (non-hydrogen) atoms. The highest BCUT2D eigenvalue weighted by Crippen LogP contribution is 2.43. The predicted octanol–water partition coefficient (Wildman–Crippen LogP) is 16.4. The molecule has 0 saturated carbocycles. The van der Waals surface area contributed by atoms with Crippen LogP contribution in [0.1, 0.15) is 239 Å². The SMILES string of the molecule is CCCCCCCCCCCCCCCCCCN(CC)c1ccc(C2=C(O)C(=C3C=CC(=[N+](CC)CCCCCCCCCCCCCCCCCC)C=C3O)C2=O)c(O)c1. The molecule has 0 aliphatic heterocycles. The highest BCUT2D eigenvalue weighted by atomic mass is 16.3. The number of nitrogens with zero attached hydrogens (tertiary/aromatic N) is 2. The number of phenolic OH excluding ortho intramolecular Hbond substituents is 1. The molecule has 2 aliphatic rings. The fourth-order valence-corrected chi connectivity index (χ4v) is 9.40. The van der Waals surface area contributed by atoms with E-state index in [0.29, 0.717) is 11.1 Å². The molecule has 0 bridgehead atoms. The molecule has 0 unspecified atom stereocenters. The van der Waals surface area contributed by atoms with E-state index in [1.54, 1.807) is 24.3 Å². The van der Waals surface area contributed by atoms with Crippen molar-refractivity contribution in [2.24, 2.45) is 0 Å². The summed E-state index contributed by atoms with van der Waals surface area (Å²) in [5, 5.41) is 33.3. The molecule has 0 spiro atoms. The lowest BCUT2D eigenvalue weighted by Crippen LogP contribution is -2.26. The number of carbonyl (C=O) groups is 1. The van der Waals surface area contributed by atoms with E-state index >= 15 is 0 Å². The van der Waals surface area contributed by atoms with Gasteiger partial charge in [-0.3, -0.25) is 4.79 Å². The topological polar surface area (TPSA) is 84.0 Å². The van der Waals surface area contributed by atoms with Crippen molar-refractivity contribution < 1.29 is 24.7 Å². The Bertz CT molecular complexity index is 1560. The number of hydrogen-bond acceptors (Lipinski definition) is 5. The van der Waals surface area contributed by atoms with Gasteiger partial charge in [-0.15, -0.1) is 0 Å². The molecule has 0 heterocycles. The van der Waals surface area contributed by atoms with Gasteiger partial charge in [0, 0.05) is 48.5 Å². The second kappa shape index (κ2) is 33.3. The summed E-state index contributed by atoms with van der Waals surface area (Å²) in [5.74, 6) is -0.583. The molecule has 350 valence electrons. The van der Waals surface area contributed by atoms with E-state index in [1.165, 1.54) is 193 Å². The maximum Gasteiger partial charge on any atom is 0.203 e. The number of carbonyl (C=O) groups excluding carboxylic acids is 1. The zero-order valence-corrected chi connectivity index (χ0v) is 40.6. The summed E-state index contributed by atoms with van der Waals surface area (Å²) in [6.45, 7) is 12.3. The maximum absolute atomic E-state index is 13.5. The highest BCUT2D eigenvalue weighted by molar-refractivity contribution is 6.40. The van der Waals surface area contributed by atoms with Crippen molar-refractivity contribution in [1.82, 2.24) is 0 Å². The Morgan fingerprint density at radius 3 is 1.34 bits per heavy atom. The van der Waals surface area contributed by atoms with E-state index in [9.17, 15) is 20.1 Å². The van der Waals surface area contributed by atoms with Crippen LogP contribution in [-0.2, 0) is 4.79 Å². The van der Waals surface area contributed by atoms with Gasteiger partial charge in [-0.25, -0.2) is 4.58 Å². The van der Waals surface area contributed by atoms with Crippen LogP contribution in [0, 0.1) is 0 Å². The van der Waals surface area contributed by atoms with Crippen molar-refractivity contribution in [3.63, 3.8) is 0 Å². The minimum absolute atomic E-state index is 0.0193. The summed E-state index contributed by atoms with van der Waals surface area (Å²) in [6.07, 6.45) is 48.6. The van der Waals surface area contributed by atoms with E-state index in [-0.39, 0.29) is 34.2 Å². The number of aliphatic hydroxyl groups is 2. The zero-order valence-electron chi connectivity index (χ0n) is 40.6. The molecule has 6 heteroatoms. The van der Waals surface area contributed by atoms with Crippen LogP contribution in [0.2, 0.25) is 0 Å². The summed E-state index contributed by atoms with van der Waals surface area (Å²) < 4.78 is 2.27. The maximum atomic E-state index is 13.5. The average Bonchev–Trinajstić information content (AvgIpc) is 3.27. The molecule has 0 fully saturated rings. The van der Waals surface area contributed by atoms with Crippen LogP contribution in [0.5, 0.6) is 5.75 Å². The molecule has 6 nitrogen and oxygen atoms in total. The van der Waals surface area contributed by atoms with Gasteiger partial charge in [-0.2, -0.15) is 0 Å². The van der Waals surface area contributed by atoms with Gasteiger partial charge >= 0.3 is 0 Å². The summed E-state index contributed by atoms with van der Waals surface area (Å²) >= 11 is 0. The number of ketones is 1. The molecule has 3 N–H and O–H groups in total. The van der Waals surface area contributed by atoms with E-state index < -0.39 is 0 Å². The van der Waals surface area contributed by atoms with Crippen LogP contribution in [0.4, 0.5) is 5.69 Å². The number of phenols is 1. The first-order valence-electron chi connectivity index (χ1n) is 26.4. The number of aliphatic hydroxyl groups excluding tert-OH is 2. The van der Waals surface area contributed by atoms with Gasteiger partial charge in [0.25, 0.3) is 0 Å². The van der Waals surface area contributed by atoms with Gasteiger partial charge in [0.05, 0.1) is 17.2 Å². The number of unbranched alkanes of at least 4 members (excludes halogenated alkanes) is 30. The Hall–Kier alpha value is -3.28. The van der Waals surface area contributed by atoms with Gasteiger partial charge in [0.1, 0.15) is 30.4 Å². The first-order chi connectivity index (χ1) is 30.4. The zero-order chi connectivity index (χ0) is 44.6. The van der Waals surface area contributed by atoms with E-state index in [2.05, 4.69) is 37.2 Å². The minimum Gasteiger partial charge on any atom is -0.507 e. The smallest absolute Gasteiger partial charge is 0.203 e. The molecule has 0 amide bonds. The van der Waals surface area contributed by atoms with Crippen LogP contribution in [0.15, 0.2) is 59.1 Å². The Kier molecular flexibility index (Phi) is 28.5. The Balaban J connectivity index is 1.36. The van der Waals surface area contributed by atoms with Gasteiger partial charge in [0.2, 0.25) is 11.5 Å². The fraction of sp³-hybridized carbons (Fsp3) is 0.714. The lowest BCUT2D eigenvalue weighted by Gasteiger charge is -2.27. The third-order valence-electron chi connectivity index (χ3n) is 13.5. The summed E-state index contributed by atoms with van der Waals surface area (Å²) in [6, 6.07) is 5.38. The van der Waals surface area contributed by atoms with Gasteiger partial charge in [-0.1, -0.05) is 200 Å². The van der Waals surface area contributed by atoms with Crippen molar-refractivity contribution in [2.75, 3.05) is 31.1 Å². The number of benzene rings is 1. The molecule has 0 saturated heterocycles. The molecular formula is C56H93N2O4+. The molecule has 0 radical (unpaired) electrons. The molecule has 0 aromatic heterocycles. The van der Waals surface area contributed by atoms with Crippen LogP contribution in [-0.4, -0.2) is 57.6 Å². The van der Waals surface area contributed by atoms with E-state index in [1.807, 2.05) is 12.1 Å². The summed E-state index contributed by atoms with van der Waals surface area (Å²) in [7, 11) is 0. The summed E-state index contributed by atoms with van der Waals surface area (Å²) in [4.78, 5) is 15.7. The Labute approximate surface area is 380 Å². The molecule has 3 rings (SSSR count). The molecule has 1 aromatic rings. The minimum atomic E-state index is -0.366. The first kappa shape index (κ1) is 53.1. The third kappa shape index (κ3) is 19.6. The number of aromatic hydroxyl groups is 1. The molecule has 2 aliphatic carbocycles. The molecule has 0 atom stereocenters. The first-order valence-corrected chi connectivity index (χ1v) is 26.4. The lowest BCUT2D eigenvalue weighted by molar-refractivity contribution is -0.523. The molecule has 1 aromatic carbocycles. The second-order valence-corrected chi connectivity index (χ2v) is 18.6. The number of hydrogen-bond donors (Lipinski definition) is 3. The molecular weight excluding hydrogens is 765 g/mol. The van der Waals surface area contributed by atoms with Crippen LogP contribution in [0.3, 0.4) is 0 Å². The van der Waals surface area contributed by atoms with Crippen LogP contribution in [0.25, 0.3) is 5.57 Å². The van der Waals surface area contributed by atoms with Crippen molar-refractivity contribution in [3.8, 4) is 5.75 Å². The quantitative estimate of drug-likeness (QED) is 0.0350. The van der Waals surface area contributed by atoms with Gasteiger partial charge in [0.15, 0.2) is 0 Å². The van der Waals surface area contributed by atoms with Crippen molar-refractivity contribution in [3.05, 3.63) is 64.7 Å². The highest BCUT2D eigenvalue weighted by Gasteiger charge is 2.39. The summed E-state index contributed by atoms with van der Waals surface area (Å²) in [5.41, 5.74) is 2.69. The number of anilines is 1. The van der Waals surface area contributed by atoms with Crippen LogP contribution < -0.4 is 4.90 Å². The number of allylic oxidation sites excluding steroid dienone is 5. The van der Waals surface area contributed by atoms with Crippen molar-refractivity contribution >= 4 is 22.8 Å².